The highest BCUT2D eigenvalue weighted by Gasteiger charge is 2.34. The number of nitrogens with zero attached hydrogens (tertiary/aromatic N) is 2. The molecule has 0 radical (unpaired) electrons. The molecule has 4 rings (SSSR count). The van der Waals surface area contributed by atoms with E-state index < -0.39 is 0 Å². The monoisotopic (exact) mass is 421 g/mol. The van der Waals surface area contributed by atoms with Crippen LogP contribution in [0, 0.1) is 25.1 Å². The SMILES string of the molecule is C#CCOc1ccc(C2SC(C)C(=O)Nc3c2c(C)nn3-c2ccc(F)cc2)cc1. The highest BCUT2D eigenvalue weighted by molar-refractivity contribution is 8.01. The third-order valence-electron chi connectivity index (χ3n) is 4.90. The molecule has 1 N–H and O–H groups in total. The van der Waals surface area contributed by atoms with Crippen LogP contribution in [0.1, 0.15) is 29.0 Å². The van der Waals surface area contributed by atoms with Gasteiger partial charge in [0.05, 0.1) is 21.9 Å². The van der Waals surface area contributed by atoms with Crippen molar-refractivity contribution in [1.29, 1.82) is 0 Å². The van der Waals surface area contributed by atoms with E-state index in [1.54, 1.807) is 28.6 Å². The smallest absolute Gasteiger partial charge is 0.238 e. The number of amides is 1. The number of hydrogen-bond acceptors (Lipinski definition) is 4. The maximum Gasteiger partial charge on any atom is 0.238 e. The Balaban J connectivity index is 1.79. The first-order valence-electron chi connectivity index (χ1n) is 9.46. The van der Waals surface area contributed by atoms with E-state index in [0.717, 1.165) is 16.8 Å². The molecule has 2 atom stereocenters. The highest BCUT2D eigenvalue weighted by atomic mass is 32.2. The summed E-state index contributed by atoms with van der Waals surface area (Å²) in [5.41, 5.74) is 3.44. The van der Waals surface area contributed by atoms with Crippen LogP contribution in [0.15, 0.2) is 48.5 Å². The minimum Gasteiger partial charge on any atom is -0.481 e. The molecule has 7 heteroatoms. The number of hydrogen-bond donors (Lipinski definition) is 1. The van der Waals surface area contributed by atoms with E-state index in [1.165, 1.54) is 12.1 Å². The lowest BCUT2D eigenvalue weighted by molar-refractivity contribution is -0.115. The predicted octanol–water partition coefficient (Wildman–Crippen LogP) is 4.50. The summed E-state index contributed by atoms with van der Waals surface area (Å²) in [6.45, 7) is 4.01. The van der Waals surface area contributed by atoms with Gasteiger partial charge in [0.15, 0.2) is 0 Å². The second kappa shape index (κ2) is 8.25. The summed E-state index contributed by atoms with van der Waals surface area (Å²) in [4.78, 5) is 12.7. The molecular weight excluding hydrogens is 401 g/mol. The van der Waals surface area contributed by atoms with Crippen molar-refractivity contribution in [2.24, 2.45) is 0 Å². The number of thioether (sulfide) groups is 1. The highest BCUT2D eigenvalue weighted by Crippen LogP contribution is 2.46. The first kappa shape index (κ1) is 20.0. The molecule has 2 heterocycles. The van der Waals surface area contributed by atoms with Gasteiger partial charge in [-0.2, -0.15) is 5.10 Å². The van der Waals surface area contributed by atoms with E-state index in [2.05, 4.69) is 16.3 Å². The third kappa shape index (κ3) is 3.79. The van der Waals surface area contributed by atoms with Crippen molar-refractivity contribution in [2.45, 2.75) is 24.3 Å². The van der Waals surface area contributed by atoms with E-state index in [4.69, 9.17) is 11.2 Å². The first-order chi connectivity index (χ1) is 14.5. The third-order valence-corrected chi connectivity index (χ3v) is 6.30. The van der Waals surface area contributed by atoms with Gasteiger partial charge in [-0.05, 0) is 55.8 Å². The van der Waals surface area contributed by atoms with Gasteiger partial charge in [-0.1, -0.05) is 18.1 Å². The van der Waals surface area contributed by atoms with Crippen LogP contribution in [0.2, 0.25) is 0 Å². The van der Waals surface area contributed by atoms with Gasteiger partial charge in [0.2, 0.25) is 5.91 Å². The van der Waals surface area contributed by atoms with Crippen molar-refractivity contribution in [3.8, 4) is 23.8 Å². The number of terminal acetylenes is 1. The second-order valence-electron chi connectivity index (χ2n) is 6.95. The number of aryl methyl sites for hydroxylation is 1. The van der Waals surface area contributed by atoms with Crippen LogP contribution in [0.5, 0.6) is 5.75 Å². The molecule has 0 saturated carbocycles. The van der Waals surface area contributed by atoms with E-state index in [0.29, 0.717) is 17.3 Å². The van der Waals surface area contributed by atoms with Crippen LogP contribution < -0.4 is 10.1 Å². The van der Waals surface area contributed by atoms with Crippen LogP contribution in [-0.2, 0) is 4.79 Å². The molecule has 2 aromatic carbocycles. The van der Waals surface area contributed by atoms with Gasteiger partial charge in [0.25, 0.3) is 0 Å². The lowest BCUT2D eigenvalue weighted by Crippen LogP contribution is -2.22. The van der Waals surface area contributed by atoms with Gasteiger partial charge in [-0.15, -0.1) is 18.2 Å². The lowest BCUT2D eigenvalue weighted by atomic mass is 10.0. The number of ether oxygens (including phenoxy) is 1. The summed E-state index contributed by atoms with van der Waals surface area (Å²) in [5, 5.41) is 7.29. The molecular formula is C23H20FN3O2S. The van der Waals surface area contributed by atoms with E-state index in [-0.39, 0.29) is 28.8 Å². The number of halogens is 1. The van der Waals surface area contributed by atoms with E-state index >= 15 is 0 Å². The molecule has 1 amide bonds. The number of carbonyl (C=O) groups excluding carboxylic acids is 1. The number of aromatic nitrogens is 2. The normalized spacial score (nSPS) is 18.1. The predicted molar refractivity (Wildman–Crippen MR) is 117 cm³/mol. The fourth-order valence-electron chi connectivity index (χ4n) is 3.40. The number of carbonyl (C=O) groups is 1. The molecule has 152 valence electrons. The van der Waals surface area contributed by atoms with Crippen LogP contribution in [0.4, 0.5) is 10.2 Å². The molecule has 0 fully saturated rings. The molecule has 1 aliphatic rings. The fraction of sp³-hybridized carbons (Fsp3) is 0.217. The molecule has 0 spiro atoms. The zero-order valence-electron chi connectivity index (χ0n) is 16.6. The molecule has 30 heavy (non-hydrogen) atoms. The molecule has 3 aromatic rings. The van der Waals surface area contributed by atoms with Gasteiger partial charge in [-0.3, -0.25) is 4.79 Å². The lowest BCUT2D eigenvalue weighted by Gasteiger charge is -2.18. The summed E-state index contributed by atoms with van der Waals surface area (Å²) < 4.78 is 20.5. The largest absolute Gasteiger partial charge is 0.481 e. The number of fused-ring (bicyclic) bond motifs is 1. The Labute approximate surface area is 178 Å². The summed E-state index contributed by atoms with van der Waals surface area (Å²) in [6, 6.07) is 13.7. The quantitative estimate of drug-likeness (QED) is 0.631. The minimum absolute atomic E-state index is 0.0963. The summed E-state index contributed by atoms with van der Waals surface area (Å²) >= 11 is 1.56. The Morgan fingerprint density at radius 1 is 1.23 bits per heavy atom. The fourth-order valence-corrected chi connectivity index (χ4v) is 4.73. The zero-order chi connectivity index (χ0) is 21.3. The van der Waals surface area contributed by atoms with Crippen LogP contribution in [0.3, 0.4) is 0 Å². The maximum atomic E-state index is 13.4. The second-order valence-corrected chi connectivity index (χ2v) is 8.40. The van der Waals surface area contributed by atoms with Crippen molar-refractivity contribution in [1.82, 2.24) is 9.78 Å². The van der Waals surface area contributed by atoms with Gasteiger partial charge < -0.3 is 10.1 Å². The Bertz CT molecular complexity index is 1120. The zero-order valence-corrected chi connectivity index (χ0v) is 17.4. The van der Waals surface area contributed by atoms with Crippen LogP contribution >= 0.6 is 11.8 Å². The maximum absolute atomic E-state index is 13.4. The average molecular weight is 421 g/mol. The number of benzene rings is 2. The Hall–Kier alpha value is -3.24. The number of nitrogens with one attached hydrogen (secondary N) is 1. The van der Waals surface area contributed by atoms with E-state index in [1.807, 2.05) is 38.1 Å². The minimum atomic E-state index is -0.327. The van der Waals surface area contributed by atoms with Gasteiger partial charge in [-0.25, -0.2) is 9.07 Å². The number of rotatable bonds is 4. The molecule has 0 bridgehead atoms. The Kier molecular flexibility index (Phi) is 5.51. The van der Waals surface area contributed by atoms with Crippen LogP contribution in [0.25, 0.3) is 5.69 Å². The molecule has 1 aromatic heterocycles. The number of anilines is 1. The van der Waals surface area contributed by atoms with Gasteiger partial charge >= 0.3 is 0 Å². The Morgan fingerprint density at radius 3 is 2.60 bits per heavy atom. The summed E-state index contributed by atoms with van der Waals surface area (Å²) in [5.74, 6) is 3.33. The van der Waals surface area contributed by atoms with Crippen LogP contribution in [-0.4, -0.2) is 27.5 Å². The summed E-state index contributed by atoms with van der Waals surface area (Å²) in [7, 11) is 0. The molecule has 5 nitrogen and oxygen atoms in total. The van der Waals surface area contributed by atoms with Crippen molar-refractivity contribution in [2.75, 3.05) is 11.9 Å². The molecule has 1 aliphatic heterocycles. The molecule has 2 unspecified atom stereocenters. The average Bonchev–Trinajstić information content (AvgIpc) is 2.99. The van der Waals surface area contributed by atoms with Crippen molar-refractivity contribution in [3.05, 3.63) is 71.2 Å². The van der Waals surface area contributed by atoms with Crippen molar-refractivity contribution in [3.63, 3.8) is 0 Å². The Morgan fingerprint density at radius 2 is 1.93 bits per heavy atom. The first-order valence-corrected chi connectivity index (χ1v) is 10.4. The molecule has 0 saturated heterocycles. The van der Waals surface area contributed by atoms with E-state index in [9.17, 15) is 9.18 Å². The molecule has 0 aliphatic carbocycles. The van der Waals surface area contributed by atoms with Crippen molar-refractivity contribution >= 4 is 23.5 Å². The van der Waals surface area contributed by atoms with Crippen molar-refractivity contribution < 1.29 is 13.9 Å². The standard InChI is InChI=1S/C23H20FN3O2S/c1-4-13-29-19-11-5-16(6-12-19)21-20-14(2)26-27(18-9-7-17(24)8-10-18)22(20)25-23(28)15(3)30-21/h1,5-12,15,21H,13H2,2-3H3,(H,25,28). The topological polar surface area (TPSA) is 56.1 Å². The summed E-state index contributed by atoms with van der Waals surface area (Å²) in [6.07, 6.45) is 5.25. The van der Waals surface area contributed by atoms with Gasteiger partial charge in [0, 0.05) is 5.56 Å². The van der Waals surface area contributed by atoms with Gasteiger partial charge in [0.1, 0.15) is 24.0 Å².